The number of amides is 1. The van der Waals surface area contributed by atoms with Gasteiger partial charge in [-0.2, -0.15) is 9.29 Å². The van der Waals surface area contributed by atoms with Crippen molar-refractivity contribution in [1.82, 2.24) is 19.3 Å². The zero-order valence-corrected chi connectivity index (χ0v) is 17.3. The van der Waals surface area contributed by atoms with E-state index in [4.69, 9.17) is 4.52 Å². The van der Waals surface area contributed by atoms with Crippen LogP contribution in [0.25, 0.3) is 0 Å². The number of piperidine rings is 1. The molecule has 0 bridgehead atoms. The Morgan fingerprint density at radius 1 is 1.25 bits per heavy atom. The number of carbonyl (C=O) groups excluding carboxylic acids is 1. The summed E-state index contributed by atoms with van der Waals surface area (Å²) in [7, 11) is -3.60. The van der Waals surface area contributed by atoms with Crippen molar-refractivity contribution in [2.45, 2.75) is 44.4 Å². The van der Waals surface area contributed by atoms with Gasteiger partial charge in [0.1, 0.15) is 0 Å². The Labute approximate surface area is 165 Å². The molecule has 9 heteroatoms. The summed E-state index contributed by atoms with van der Waals surface area (Å²) in [6, 6.07) is 6.30. The third-order valence-electron chi connectivity index (χ3n) is 5.10. The average molecular weight is 407 g/mol. The van der Waals surface area contributed by atoms with Gasteiger partial charge in [-0.05, 0) is 38.0 Å². The molecule has 1 fully saturated rings. The lowest BCUT2D eigenvalue weighted by atomic mass is 9.96. The Bertz CT molecular complexity index is 929. The van der Waals surface area contributed by atoms with E-state index in [2.05, 4.69) is 10.1 Å². The summed E-state index contributed by atoms with van der Waals surface area (Å²) in [6.07, 6.45) is 1.48. The van der Waals surface area contributed by atoms with E-state index in [0.29, 0.717) is 43.5 Å². The van der Waals surface area contributed by atoms with E-state index in [9.17, 15) is 13.2 Å². The fraction of sp³-hybridized carbons (Fsp3) is 0.526. The average Bonchev–Trinajstić information content (AvgIpc) is 3.15. The van der Waals surface area contributed by atoms with E-state index in [-0.39, 0.29) is 16.7 Å². The van der Waals surface area contributed by atoms with Gasteiger partial charge in [-0.1, -0.05) is 25.1 Å². The van der Waals surface area contributed by atoms with E-state index in [1.54, 1.807) is 37.8 Å². The molecule has 2 aromatic rings. The monoisotopic (exact) mass is 406 g/mol. The first-order valence-electron chi connectivity index (χ1n) is 9.56. The number of hydrogen-bond donors (Lipinski definition) is 0. The van der Waals surface area contributed by atoms with E-state index >= 15 is 0 Å². The van der Waals surface area contributed by atoms with E-state index in [1.165, 1.54) is 16.4 Å². The molecule has 0 saturated carbocycles. The number of benzene rings is 1. The topological polar surface area (TPSA) is 96.6 Å². The number of hydrogen-bond acceptors (Lipinski definition) is 6. The van der Waals surface area contributed by atoms with Crippen molar-refractivity contribution in [3.05, 3.63) is 41.5 Å². The minimum absolute atomic E-state index is 0.151. The molecule has 28 heavy (non-hydrogen) atoms. The fourth-order valence-electron chi connectivity index (χ4n) is 3.49. The third kappa shape index (κ3) is 4.10. The summed E-state index contributed by atoms with van der Waals surface area (Å²) < 4.78 is 32.1. The molecule has 1 aliphatic rings. The van der Waals surface area contributed by atoms with Crippen LogP contribution in [0.5, 0.6) is 0 Å². The van der Waals surface area contributed by atoms with Crippen LogP contribution in [0.2, 0.25) is 0 Å². The number of carbonyl (C=O) groups is 1. The largest absolute Gasteiger partial charge is 0.339 e. The summed E-state index contributed by atoms with van der Waals surface area (Å²) in [5, 5.41) is 3.83. The molecule has 3 rings (SSSR count). The molecule has 0 unspecified atom stereocenters. The SMILES string of the molecule is CCN(CC)S(=O)(=O)c1cccc(C(=O)N2CCC(c3nc(C)no3)CC2)c1. The molecule has 152 valence electrons. The quantitative estimate of drug-likeness (QED) is 0.731. The second-order valence-corrected chi connectivity index (χ2v) is 8.80. The number of aryl methyl sites for hydroxylation is 1. The summed E-state index contributed by atoms with van der Waals surface area (Å²) in [4.78, 5) is 19.1. The molecule has 0 radical (unpaired) electrons. The van der Waals surface area contributed by atoms with Crippen molar-refractivity contribution in [2.75, 3.05) is 26.2 Å². The maximum absolute atomic E-state index is 12.9. The Kier molecular flexibility index (Phi) is 6.14. The molecule has 0 N–H and O–H groups in total. The highest BCUT2D eigenvalue weighted by molar-refractivity contribution is 7.89. The standard InChI is InChI=1S/C19H26N4O4S/c1-4-23(5-2)28(25,26)17-8-6-7-16(13-17)19(24)22-11-9-15(10-12-22)18-20-14(3)21-27-18/h6-8,13,15H,4-5,9-12H2,1-3H3. The van der Waals surface area contributed by atoms with Crippen molar-refractivity contribution in [3.63, 3.8) is 0 Å². The van der Waals surface area contributed by atoms with E-state index in [1.807, 2.05) is 0 Å². The first-order valence-corrected chi connectivity index (χ1v) is 11.0. The number of nitrogens with zero attached hydrogens (tertiary/aromatic N) is 4. The maximum Gasteiger partial charge on any atom is 0.253 e. The van der Waals surface area contributed by atoms with Gasteiger partial charge in [-0.3, -0.25) is 4.79 Å². The van der Waals surface area contributed by atoms with Crippen LogP contribution in [-0.4, -0.2) is 59.8 Å². The van der Waals surface area contributed by atoms with Gasteiger partial charge >= 0.3 is 0 Å². The minimum atomic E-state index is -3.60. The molecule has 1 aliphatic heterocycles. The number of aromatic nitrogens is 2. The van der Waals surface area contributed by atoms with Crippen molar-refractivity contribution in [3.8, 4) is 0 Å². The molecule has 0 spiro atoms. The molecule has 1 saturated heterocycles. The predicted molar refractivity (Wildman–Crippen MR) is 103 cm³/mol. The zero-order chi connectivity index (χ0) is 20.3. The van der Waals surface area contributed by atoms with Gasteiger partial charge in [0.25, 0.3) is 5.91 Å². The van der Waals surface area contributed by atoms with Crippen LogP contribution in [-0.2, 0) is 10.0 Å². The lowest BCUT2D eigenvalue weighted by Crippen LogP contribution is -2.38. The van der Waals surface area contributed by atoms with Crippen LogP contribution in [0.1, 0.15) is 54.7 Å². The molecule has 0 aliphatic carbocycles. The van der Waals surface area contributed by atoms with Crippen LogP contribution in [0.3, 0.4) is 0 Å². The highest BCUT2D eigenvalue weighted by Gasteiger charge is 2.29. The highest BCUT2D eigenvalue weighted by atomic mass is 32.2. The van der Waals surface area contributed by atoms with E-state index < -0.39 is 10.0 Å². The lowest BCUT2D eigenvalue weighted by Gasteiger charge is -2.30. The van der Waals surface area contributed by atoms with Crippen LogP contribution < -0.4 is 0 Å². The maximum atomic E-state index is 12.9. The van der Waals surface area contributed by atoms with Crippen molar-refractivity contribution < 1.29 is 17.7 Å². The van der Waals surface area contributed by atoms with Gasteiger partial charge in [-0.25, -0.2) is 8.42 Å². The number of rotatable bonds is 6. The number of sulfonamides is 1. The Morgan fingerprint density at radius 2 is 1.93 bits per heavy atom. The predicted octanol–water partition coefficient (Wildman–Crippen LogP) is 2.43. The molecule has 1 aromatic carbocycles. The lowest BCUT2D eigenvalue weighted by molar-refractivity contribution is 0.0704. The van der Waals surface area contributed by atoms with Gasteiger partial charge in [0, 0.05) is 37.7 Å². The van der Waals surface area contributed by atoms with Crippen LogP contribution >= 0.6 is 0 Å². The first-order chi connectivity index (χ1) is 13.4. The Hall–Kier alpha value is -2.26. The van der Waals surface area contributed by atoms with Crippen LogP contribution in [0, 0.1) is 6.92 Å². The van der Waals surface area contributed by atoms with Gasteiger partial charge < -0.3 is 9.42 Å². The molecule has 0 atom stereocenters. The molecular weight excluding hydrogens is 380 g/mol. The summed E-state index contributed by atoms with van der Waals surface area (Å²) in [5.74, 6) is 1.23. The highest BCUT2D eigenvalue weighted by Crippen LogP contribution is 2.28. The molecule has 1 aromatic heterocycles. The molecular formula is C19H26N4O4S. The Morgan fingerprint density at radius 3 is 2.50 bits per heavy atom. The summed E-state index contributed by atoms with van der Waals surface area (Å²) in [5.41, 5.74) is 0.389. The third-order valence-corrected chi connectivity index (χ3v) is 7.14. The minimum Gasteiger partial charge on any atom is -0.339 e. The van der Waals surface area contributed by atoms with Crippen molar-refractivity contribution in [1.29, 1.82) is 0 Å². The second kappa shape index (κ2) is 8.40. The van der Waals surface area contributed by atoms with Gasteiger partial charge in [0.2, 0.25) is 15.9 Å². The van der Waals surface area contributed by atoms with Crippen molar-refractivity contribution in [2.24, 2.45) is 0 Å². The second-order valence-electron chi connectivity index (χ2n) is 6.86. The molecule has 8 nitrogen and oxygen atoms in total. The van der Waals surface area contributed by atoms with Crippen LogP contribution in [0.15, 0.2) is 33.7 Å². The van der Waals surface area contributed by atoms with E-state index in [0.717, 1.165) is 12.8 Å². The number of likely N-dealkylation sites (tertiary alicyclic amines) is 1. The smallest absolute Gasteiger partial charge is 0.253 e. The normalized spacial score (nSPS) is 15.9. The zero-order valence-electron chi connectivity index (χ0n) is 16.5. The van der Waals surface area contributed by atoms with Crippen LogP contribution in [0.4, 0.5) is 0 Å². The van der Waals surface area contributed by atoms with Gasteiger partial charge in [-0.15, -0.1) is 0 Å². The Balaban J connectivity index is 1.72. The molecule has 1 amide bonds. The summed E-state index contributed by atoms with van der Waals surface area (Å²) in [6.45, 7) is 7.29. The van der Waals surface area contributed by atoms with Gasteiger partial charge in [0.15, 0.2) is 5.82 Å². The fourth-order valence-corrected chi connectivity index (χ4v) is 5.00. The first kappa shape index (κ1) is 20.5. The summed E-state index contributed by atoms with van der Waals surface area (Å²) >= 11 is 0. The van der Waals surface area contributed by atoms with Crippen molar-refractivity contribution >= 4 is 15.9 Å². The van der Waals surface area contributed by atoms with Gasteiger partial charge in [0.05, 0.1) is 4.90 Å². The molecule has 2 heterocycles.